The molecule has 2 rings (SSSR count). The molecule has 0 amide bonds. The van der Waals surface area contributed by atoms with Crippen molar-refractivity contribution in [3.63, 3.8) is 0 Å². The standard InChI is InChI=1S/C14H21ClN2O/c1-16(2)13-5-7-17(8-6-13)14-9-12(15)4-3-11(14)10-18/h3-4,9,13,18H,5-8,10H2,1-2H3. The van der Waals surface area contributed by atoms with Crippen LogP contribution in [0.1, 0.15) is 18.4 Å². The molecule has 0 unspecified atom stereocenters. The zero-order valence-electron chi connectivity index (χ0n) is 11.1. The van der Waals surface area contributed by atoms with Crippen LogP contribution in [-0.4, -0.2) is 43.2 Å². The molecule has 1 heterocycles. The fourth-order valence-electron chi connectivity index (χ4n) is 2.59. The van der Waals surface area contributed by atoms with E-state index in [0.29, 0.717) is 6.04 Å². The van der Waals surface area contributed by atoms with E-state index in [4.69, 9.17) is 11.6 Å². The van der Waals surface area contributed by atoms with E-state index >= 15 is 0 Å². The number of halogens is 1. The van der Waals surface area contributed by atoms with E-state index in [1.807, 2.05) is 18.2 Å². The summed E-state index contributed by atoms with van der Waals surface area (Å²) in [6, 6.07) is 6.38. The Hall–Kier alpha value is -0.770. The molecular formula is C14H21ClN2O. The average molecular weight is 269 g/mol. The van der Waals surface area contributed by atoms with Crippen molar-refractivity contribution in [3.8, 4) is 0 Å². The van der Waals surface area contributed by atoms with Crippen LogP contribution < -0.4 is 4.90 Å². The third kappa shape index (κ3) is 2.97. The Labute approximate surface area is 114 Å². The Morgan fingerprint density at radius 2 is 2.00 bits per heavy atom. The second kappa shape index (κ2) is 5.91. The highest BCUT2D eigenvalue weighted by Gasteiger charge is 2.22. The molecule has 0 aromatic heterocycles. The van der Waals surface area contributed by atoms with Gasteiger partial charge >= 0.3 is 0 Å². The number of aliphatic hydroxyl groups is 1. The lowest BCUT2D eigenvalue weighted by Gasteiger charge is -2.37. The van der Waals surface area contributed by atoms with Gasteiger partial charge in [0.15, 0.2) is 0 Å². The summed E-state index contributed by atoms with van der Waals surface area (Å²) in [5, 5.41) is 10.1. The van der Waals surface area contributed by atoms with Gasteiger partial charge < -0.3 is 14.9 Å². The lowest BCUT2D eigenvalue weighted by Crippen LogP contribution is -2.42. The van der Waals surface area contributed by atoms with Gasteiger partial charge in [-0.3, -0.25) is 0 Å². The number of aliphatic hydroxyl groups excluding tert-OH is 1. The monoisotopic (exact) mass is 268 g/mol. The van der Waals surface area contributed by atoms with Gasteiger partial charge in [-0.25, -0.2) is 0 Å². The molecule has 0 spiro atoms. The van der Waals surface area contributed by atoms with Gasteiger partial charge in [0, 0.05) is 35.4 Å². The molecule has 4 heteroatoms. The van der Waals surface area contributed by atoms with Gasteiger partial charge in [0.25, 0.3) is 0 Å². The van der Waals surface area contributed by atoms with Crippen molar-refractivity contribution in [2.24, 2.45) is 0 Å². The third-order valence-corrected chi connectivity index (χ3v) is 3.99. The van der Waals surface area contributed by atoms with Crippen LogP contribution in [0.3, 0.4) is 0 Å². The molecule has 100 valence electrons. The predicted octanol–water partition coefficient (Wildman–Crippen LogP) is 2.36. The van der Waals surface area contributed by atoms with Crippen LogP contribution in [0.25, 0.3) is 0 Å². The van der Waals surface area contributed by atoms with Crippen molar-refractivity contribution in [3.05, 3.63) is 28.8 Å². The molecular weight excluding hydrogens is 248 g/mol. The summed E-state index contributed by atoms with van der Waals surface area (Å²) < 4.78 is 0. The van der Waals surface area contributed by atoms with Crippen molar-refractivity contribution in [1.29, 1.82) is 0 Å². The Balaban J connectivity index is 2.11. The van der Waals surface area contributed by atoms with Crippen LogP contribution in [-0.2, 0) is 6.61 Å². The normalized spacial score (nSPS) is 17.5. The molecule has 0 saturated carbocycles. The van der Waals surface area contributed by atoms with Crippen molar-refractivity contribution in [2.75, 3.05) is 32.1 Å². The zero-order chi connectivity index (χ0) is 13.1. The summed E-state index contributed by atoms with van der Waals surface area (Å²) in [7, 11) is 4.28. The fraction of sp³-hybridized carbons (Fsp3) is 0.571. The maximum Gasteiger partial charge on any atom is 0.0702 e. The number of rotatable bonds is 3. The molecule has 1 aromatic carbocycles. The maximum atomic E-state index is 9.40. The average Bonchev–Trinajstić information content (AvgIpc) is 2.39. The summed E-state index contributed by atoms with van der Waals surface area (Å²) in [6.45, 7) is 2.12. The molecule has 1 N–H and O–H groups in total. The molecule has 1 aliphatic rings. The molecule has 1 saturated heterocycles. The quantitative estimate of drug-likeness (QED) is 0.912. The summed E-state index contributed by atoms with van der Waals surface area (Å²) >= 11 is 6.06. The molecule has 0 atom stereocenters. The van der Waals surface area contributed by atoms with Crippen molar-refractivity contribution >= 4 is 17.3 Å². The lowest BCUT2D eigenvalue weighted by molar-refractivity contribution is 0.248. The third-order valence-electron chi connectivity index (χ3n) is 3.75. The lowest BCUT2D eigenvalue weighted by atomic mass is 10.0. The number of hydrogen-bond donors (Lipinski definition) is 1. The van der Waals surface area contributed by atoms with Gasteiger partial charge in [-0.2, -0.15) is 0 Å². The Morgan fingerprint density at radius 3 is 2.56 bits per heavy atom. The van der Waals surface area contributed by atoms with Crippen LogP contribution >= 0.6 is 11.6 Å². The topological polar surface area (TPSA) is 26.7 Å². The first kappa shape index (κ1) is 13.7. The van der Waals surface area contributed by atoms with Gasteiger partial charge in [0.2, 0.25) is 0 Å². The molecule has 0 radical (unpaired) electrons. The highest BCUT2D eigenvalue weighted by Crippen LogP contribution is 2.28. The number of benzene rings is 1. The van der Waals surface area contributed by atoms with E-state index in [-0.39, 0.29) is 6.61 Å². The molecule has 0 aliphatic carbocycles. The number of anilines is 1. The first-order valence-electron chi connectivity index (χ1n) is 6.42. The highest BCUT2D eigenvalue weighted by atomic mass is 35.5. The second-order valence-electron chi connectivity index (χ2n) is 5.11. The number of hydrogen-bond acceptors (Lipinski definition) is 3. The van der Waals surface area contributed by atoms with Gasteiger partial charge in [0.1, 0.15) is 0 Å². The van der Waals surface area contributed by atoms with Crippen LogP contribution in [0.4, 0.5) is 5.69 Å². The second-order valence-corrected chi connectivity index (χ2v) is 5.55. The van der Waals surface area contributed by atoms with Crippen molar-refractivity contribution in [2.45, 2.75) is 25.5 Å². The van der Waals surface area contributed by atoms with Gasteiger partial charge in [0.05, 0.1) is 6.61 Å². The van der Waals surface area contributed by atoms with Crippen LogP contribution in [0.15, 0.2) is 18.2 Å². The summed E-state index contributed by atoms with van der Waals surface area (Å²) in [4.78, 5) is 4.62. The van der Waals surface area contributed by atoms with E-state index in [0.717, 1.165) is 42.2 Å². The van der Waals surface area contributed by atoms with E-state index in [1.54, 1.807) is 0 Å². The molecule has 18 heavy (non-hydrogen) atoms. The highest BCUT2D eigenvalue weighted by molar-refractivity contribution is 6.30. The van der Waals surface area contributed by atoms with E-state index in [9.17, 15) is 5.11 Å². The van der Waals surface area contributed by atoms with Crippen LogP contribution in [0, 0.1) is 0 Å². The minimum atomic E-state index is 0.0696. The smallest absolute Gasteiger partial charge is 0.0702 e. The van der Waals surface area contributed by atoms with E-state index in [1.165, 1.54) is 0 Å². The summed E-state index contributed by atoms with van der Waals surface area (Å²) in [6.07, 6.45) is 2.31. The minimum Gasteiger partial charge on any atom is -0.392 e. The molecule has 1 aliphatic heterocycles. The van der Waals surface area contributed by atoms with Crippen LogP contribution in [0.5, 0.6) is 0 Å². The molecule has 1 aromatic rings. The van der Waals surface area contributed by atoms with E-state index < -0.39 is 0 Å². The first-order valence-corrected chi connectivity index (χ1v) is 6.80. The largest absolute Gasteiger partial charge is 0.392 e. The number of piperidine rings is 1. The Morgan fingerprint density at radius 1 is 1.33 bits per heavy atom. The van der Waals surface area contributed by atoms with Gasteiger partial charge in [-0.15, -0.1) is 0 Å². The van der Waals surface area contributed by atoms with Gasteiger partial charge in [-0.1, -0.05) is 17.7 Å². The zero-order valence-corrected chi connectivity index (χ0v) is 11.8. The van der Waals surface area contributed by atoms with Gasteiger partial charge in [-0.05, 0) is 39.1 Å². The first-order chi connectivity index (χ1) is 8.61. The predicted molar refractivity (Wildman–Crippen MR) is 76.3 cm³/mol. The summed E-state index contributed by atoms with van der Waals surface area (Å²) in [5.74, 6) is 0. The summed E-state index contributed by atoms with van der Waals surface area (Å²) in [5.41, 5.74) is 2.05. The minimum absolute atomic E-state index is 0.0696. The van der Waals surface area contributed by atoms with Crippen LogP contribution in [0.2, 0.25) is 5.02 Å². The fourth-order valence-corrected chi connectivity index (χ4v) is 2.75. The number of nitrogens with zero attached hydrogens (tertiary/aromatic N) is 2. The molecule has 0 bridgehead atoms. The maximum absolute atomic E-state index is 9.40. The molecule has 3 nitrogen and oxygen atoms in total. The SMILES string of the molecule is CN(C)C1CCN(c2cc(Cl)ccc2CO)CC1. The van der Waals surface area contributed by atoms with Crippen molar-refractivity contribution in [1.82, 2.24) is 4.90 Å². The van der Waals surface area contributed by atoms with Crippen molar-refractivity contribution < 1.29 is 5.11 Å². The molecule has 1 fully saturated rings. The Kier molecular flexibility index (Phi) is 4.49. The Bertz CT molecular complexity index is 401. The van der Waals surface area contributed by atoms with E-state index in [2.05, 4.69) is 23.9 Å².